The molecule has 5 nitrogen and oxygen atoms in total. The zero-order valence-electron chi connectivity index (χ0n) is 14.8. The van der Waals surface area contributed by atoms with Gasteiger partial charge in [-0.1, -0.05) is 30.3 Å². The van der Waals surface area contributed by atoms with Gasteiger partial charge in [-0.3, -0.25) is 14.3 Å². The summed E-state index contributed by atoms with van der Waals surface area (Å²) in [6.45, 7) is 10.2. The molecule has 0 saturated carbocycles. The molecule has 0 N–H and O–H groups in total. The maximum Gasteiger partial charge on any atom is 0.156 e. The Morgan fingerprint density at radius 3 is 2.65 bits per heavy atom. The van der Waals surface area contributed by atoms with E-state index in [9.17, 15) is 0 Å². The number of aromatic nitrogens is 3. The molecule has 1 fully saturated rings. The Kier molecular flexibility index (Phi) is 4.76. The van der Waals surface area contributed by atoms with Crippen LogP contribution in [0.15, 0.2) is 43.2 Å². The highest BCUT2D eigenvalue weighted by Crippen LogP contribution is 2.27. The van der Waals surface area contributed by atoms with E-state index in [1.165, 1.54) is 0 Å². The fraction of sp³-hybridized carbons (Fsp3) is 0.300. The predicted molar refractivity (Wildman–Crippen MR) is 104 cm³/mol. The molecule has 3 heterocycles. The van der Waals surface area contributed by atoms with Crippen molar-refractivity contribution in [2.75, 3.05) is 26.3 Å². The average molecular weight is 369 g/mol. The lowest BCUT2D eigenvalue weighted by atomic mass is 10.1. The molecule has 4 rings (SSSR count). The fourth-order valence-corrected chi connectivity index (χ4v) is 3.31. The summed E-state index contributed by atoms with van der Waals surface area (Å²) >= 11 is 6.06. The third-order valence-electron chi connectivity index (χ3n) is 4.64. The highest BCUT2D eigenvalue weighted by atomic mass is 35.5. The summed E-state index contributed by atoms with van der Waals surface area (Å²) in [5.41, 5.74) is 5.82. The van der Waals surface area contributed by atoms with Crippen LogP contribution < -0.4 is 0 Å². The van der Waals surface area contributed by atoms with Crippen molar-refractivity contribution < 1.29 is 4.74 Å². The minimum Gasteiger partial charge on any atom is -0.379 e. The van der Waals surface area contributed by atoms with Crippen LogP contribution in [0.1, 0.15) is 18.3 Å². The van der Waals surface area contributed by atoms with E-state index in [4.69, 9.17) is 21.3 Å². The van der Waals surface area contributed by atoms with Crippen LogP contribution in [0.2, 0.25) is 5.02 Å². The van der Waals surface area contributed by atoms with Crippen molar-refractivity contribution >= 4 is 22.8 Å². The van der Waals surface area contributed by atoms with Crippen molar-refractivity contribution in [2.24, 2.45) is 0 Å². The number of allylic oxidation sites excluding steroid dienone is 1. The molecule has 0 unspecified atom stereocenters. The summed E-state index contributed by atoms with van der Waals surface area (Å²) in [5, 5.41) is 0.721. The number of hydrogen-bond donors (Lipinski definition) is 0. The Morgan fingerprint density at radius 2 is 1.96 bits per heavy atom. The SMILES string of the molecule is C=C(C)c1cn2c(CN3CCOCC3)c(-c3ccc(Cl)cc3)nc2cn1. The van der Waals surface area contributed by atoms with Gasteiger partial charge in [-0.15, -0.1) is 0 Å². The Hall–Kier alpha value is -2.21. The van der Waals surface area contributed by atoms with Crippen LogP contribution in [0.5, 0.6) is 0 Å². The summed E-state index contributed by atoms with van der Waals surface area (Å²) < 4.78 is 7.62. The molecule has 1 aliphatic heterocycles. The van der Waals surface area contributed by atoms with Crippen LogP contribution in [0.25, 0.3) is 22.5 Å². The van der Waals surface area contributed by atoms with Crippen molar-refractivity contribution in [2.45, 2.75) is 13.5 Å². The Labute approximate surface area is 157 Å². The molecule has 6 heteroatoms. The highest BCUT2D eigenvalue weighted by molar-refractivity contribution is 6.30. The van der Waals surface area contributed by atoms with Crippen LogP contribution in [0, 0.1) is 0 Å². The summed E-state index contributed by atoms with van der Waals surface area (Å²) in [4.78, 5) is 11.7. The van der Waals surface area contributed by atoms with E-state index in [-0.39, 0.29) is 0 Å². The lowest BCUT2D eigenvalue weighted by Gasteiger charge is -2.26. The molecule has 1 saturated heterocycles. The van der Waals surface area contributed by atoms with Crippen molar-refractivity contribution in [1.29, 1.82) is 0 Å². The van der Waals surface area contributed by atoms with Crippen molar-refractivity contribution in [3.63, 3.8) is 0 Å². The minimum absolute atomic E-state index is 0.721. The topological polar surface area (TPSA) is 42.7 Å². The molecule has 3 aromatic rings. The number of ether oxygens (including phenoxy) is 1. The monoisotopic (exact) mass is 368 g/mol. The number of hydrogen-bond acceptors (Lipinski definition) is 4. The molecule has 1 aromatic carbocycles. The number of rotatable bonds is 4. The first-order valence-electron chi connectivity index (χ1n) is 8.71. The van der Waals surface area contributed by atoms with Gasteiger partial charge in [0.25, 0.3) is 0 Å². The number of halogens is 1. The molecule has 1 aliphatic rings. The first-order valence-corrected chi connectivity index (χ1v) is 9.08. The number of morpholine rings is 1. The molecule has 134 valence electrons. The summed E-state index contributed by atoms with van der Waals surface area (Å²) in [6.07, 6.45) is 3.84. The van der Waals surface area contributed by atoms with Crippen LogP contribution in [-0.4, -0.2) is 45.6 Å². The maximum absolute atomic E-state index is 6.06. The van der Waals surface area contributed by atoms with Crippen LogP contribution in [0.3, 0.4) is 0 Å². The molecule has 26 heavy (non-hydrogen) atoms. The van der Waals surface area contributed by atoms with Gasteiger partial charge in [0.1, 0.15) is 0 Å². The predicted octanol–water partition coefficient (Wildman–Crippen LogP) is 3.92. The zero-order chi connectivity index (χ0) is 18.1. The van der Waals surface area contributed by atoms with E-state index >= 15 is 0 Å². The molecule has 0 amide bonds. The standard InChI is InChI=1S/C20H21ClN4O/c1-14(2)17-12-25-18(13-24-7-9-26-10-8-24)20(23-19(25)11-22-17)15-3-5-16(21)6-4-15/h3-6,11-12H,1,7-10,13H2,2H3. The lowest BCUT2D eigenvalue weighted by molar-refractivity contribution is 0.0336. The van der Waals surface area contributed by atoms with Gasteiger partial charge < -0.3 is 4.74 Å². The van der Waals surface area contributed by atoms with E-state index in [0.29, 0.717) is 0 Å². The van der Waals surface area contributed by atoms with E-state index in [2.05, 4.69) is 20.9 Å². The number of nitrogens with zero attached hydrogens (tertiary/aromatic N) is 4. The second kappa shape index (κ2) is 7.19. The first kappa shape index (κ1) is 17.2. The lowest BCUT2D eigenvalue weighted by Crippen LogP contribution is -2.36. The van der Waals surface area contributed by atoms with Gasteiger partial charge in [0.15, 0.2) is 5.65 Å². The molecule has 2 aromatic heterocycles. The molecular weight excluding hydrogens is 348 g/mol. The zero-order valence-corrected chi connectivity index (χ0v) is 15.5. The largest absolute Gasteiger partial charge is 0.379 e. The van der Waals surface area contributed by atoms with Gasteiger partial charge in [-0.2, -0.15) is 0 Å². The van der Waals surface area contributed by atoms with Gasteiger partial charge >= 0.3 is 0 Å². The van der Waals surface area contributed by atoms with Crippen molar-refractivity contribution in [3.05, 3.63) is 59.6 Å². The van der Waals surface area contributed by atoms with E-state index in [0.717, 1.165) is 71.7 Å². The smallest absolute Gasteiger partial charge is 0.156 e. The first-order chi connectivity index (χ1) is 12.6. The normalized spacial score (nSPS) is 15.5. The quantitative estimate of drug-likeness (QED) is 0.700. The van der Waals surface area contributed by atoms with Gasteiger partial charge in [0.05, 0.1) is 36.5 Å². The van der Waals surface area contributed by atoms with E-state index in [1.807, 2.05) is 43.6 Å². The number of benzene rings is 1. The Morgan fingerprint density at radius 1 is 1.23 bits per heavy atom. The van der Waals surface area contributed by atoms with Gasteiger partial charge in [-0.05, 0) is 24.6 Å². The second-order valence-corrected chi connectivity index (χ2v) is 7.02. The number of imidazole rings is 1. The molecule has 0 spiro atoms. The molecule has 0 aliphatic carbocycles. The Balaban J connectivity index is 1.84. The molecular formula is C20H21ClN4O. The van der Waals surface area contributed by atoms with E-state index < -0.39 is 0 Å². The summed E-state index contributed by atoms with van der Waals surface area (Å²) in [5.74, 6) is 0. The summed E-state index contributed by atoms with van der Waals surface area (Å²) in [7, 11) is 0. The van der Waals surface area contributed by atoms with E-state index in [1.54, 1.807) is 0 Å². The third kappa shape index (κ3) is 3.38. The van der Waals surface area contributed by atoms with Gasteiger partial charge in [0, 0.05) is 36.4 Å². The fourth-order valence-electron chi connectivity index (χ4n) is 3.18. The van der Waals surface area contributed by atoms with Gasteiger partial charge in [-0.25, -0.2) is 4.98 Å². The van der Waals surface area contributed by atoms with Crippen molar-refractivity contribution in [1.82, 2.24) is 19.3 Å². The maximum atomic E-state index is 6.06. The molecule has 0 atom stereocenters. The second-order valence-electron chi connectivity index (χ2n) is 6.58. The highest BCUT2D eigenvalue weighted by Gasteiger charge is 2.19. The number of fused-ring (bicyclic) bond motifs is 1. The van der Waals surface area contributed by atoms with Gasteiger partial charge in [0.2, 0.25) is 0 Å². The van der Waals surface area contributed by atoms with Crippen LogP contribution in [0.4, 0.5) is 0 Å². The molecule has 0 bridgehead atoms. The van der Waals surface area contributed by atoms with Crippen LogP contribution >= 0.6 is 11.6 Å². The van der Waals surface area contributed by atoms with Crippen LogP contribution in [-0.2, 0) is 11.3 Å². The average Bonchev–Trinajstić information content (AvgIpc) is 3.01. The van der Waals surface area contributed by atoms with Crippen molar-refractivity contribution in [3.8, 4) is 11.3 Å². The minimum atomic E-state index is 0.721. The summed E-state index contributed by atoms with van der Waals surface area (Å²) in [6, 6.07) is 7.83. The third-order valence-corrected chi connectivity index (χ3v) is 4.89. The Bertz CT molecular complexity index is 942. The molecule has 0 radical (unpaired) electrons.